The molecule has 2 unspecified atom stereocenters. The van der Waals surface area contributed by atoms with Gasteiger partial charge in [-0.2, -0.15) is 11.8 Å². The fraction of sp³-hybridized carbons (Fsp3) is 1.00. The molecule has 0 spiro atoms. The lowest BCUT2D eigenvalue weighted by atomic mass is 10.1. The van der Waals surface area contributed by atoms with Crippen LogP contribution in [0.5, 0.6) is 0 Å². The van der Waals surface area contributed by atoms with Gasteiger partial charge >= 0.3 is 0 Å². The van der Waals surface area contributed by atoms with Gasteiger partial charge in [-0.3, -0.25) is 0 Å². The molecule has 0 heterocycles. The molecule has 5 heteroatoms. The zero-order valence-corrected chi connectivity index (χ0v) is 10.8. The van der Waals surface area contributed by atoms with E-state index in [1.165, 1.54) is 12.7 Å². The van der Waals surface area contributed by atoms with Crippen molar-refractivity contribution in [3.63, 3.8) is 0 Å². The first-order valence-corrected chi connectivity index (χ1v) is 8.57. The van der Waals surface area contributed by atoms with Crippen molar-refractivity contribution in [1.82, 2.24) is 0 Å². The highest BCUT2D eigenvalue weighted by Crippen LogP contribution is 2.27. The van der Waals surface area contributed by atoms with Gasteiger partial charge in [-0.15, -0.1) is 0 Å². The van der Waals surface area contributed by atoms with Crippen molar-refractivity contribution < 1.29 is 13.5 Å². The minimum absolute atomic E-state index is 0.223. The molecule has 0 aliphatic heterocycles. The molecular weight excluding hydrogens is 232 g/mol. The third kappa shape index (κ3) is 5.78. The third-order valence-corrected chi connectivity index (χ3v) is 5.33. The van der Waals surface area contributed by atoms with E-state index in [1.54, 1.807) is 11.8 Å². The molecule has 1 saturated carbocycles. The first kappa shape index (κ1) is 13.3. The Morgan fingerprint density at radius 2 is 1.93 bits per heavy atom. The molecule has 0 saturated heterocycles. The van der Waals surface area contributed by atoms with Crippen LogP contribution in [0.15, 0.2) is 0 Å². The Hall–Kier alpha value is 0.260. The highest BCUT2D eigenvalue weighted by atomic mass is 32.2. The molecule has 15 heavy (non-hydrogen) atoms. The van der Waals surface area contributed by atoms with Crippen molar-refractivity contribution in [2.45, 2.75) is 43.5 Å². The van der Waals surface area contributed by atoms with Crippen LogP contribution in [0.3, 0.4) is 0 Å². The highest BCUT2D eigenvalue weighted by molar-refractivity contribution is 8.01. The third-order valence-electron chi connectivity index (χ3n) is 2.70. The summed E-state index contributed by atoms with van der Waals surface area (Å²) >= 11 is 1.62. The van der Waals surface area contributed by atoms with Crippen LogP contribution in [0.1, 0.15) is 32.1 Å². The summed E-state index contributed by atoms with van der Waals surface area (Å²) in [5.41, 5.74) is 0. The van der Waals surface area contributed by atoms with Crippen LogP contribution >= 0.6 is 11.8 Å². The largest absolute Gasteiger partial charge is 0.392 e. The van der Waals surface area contributed by atoms with E-state index in [9.17, 15) is 13.5 Å². The monoisotopic (exact) mass is 252 g/mol. The summed E-state index contributed by atoms with van der Waals surface area (Å²) in [6.07, 6.45) is 6.37. The number of rotatable bonds is 4. The topological polar surface area (TPSA) is 54.4 Å². The Bertz CT molecular complexity index is 274. The van der Waals surface area contributed by atoms with Gasteiger partial charge in [0.25, 0.3) is 0 Å². The second-order valence-electron chi connectivity index (χ2n) is 4.24. The number of thioether (sulfide) groups is 1. The molecule has 1 fully saturated rings. The van der Waals surface area contributed by atoms with E-state index in [-0.39, 0.29) is 17.1 Å². The Kier molecular flexibility index (Phi) is 5.43. The lowest BCUT2D eigenvalue weighted by Gasteiger charge is -2.19. The SMILES string of the molecule is CS(=O)(=O)CCSC1CCCCCC1O. The average Bonchev–Trinajstić information content (AvgIpc) is 2.30. The number of aliphatic hydroxyl groups is 1. The lowest BCUT2D eigenvalue weighted by molar-refractivity contribution is 0.163. The number of hydrogen-bond donors (Lipinski definition) is 1. The maximum absolute atomic E-state index is 10.9. The van der Waals surface area contributed by atoms with Gasteiger partial charge < -0.3 is 5.11 Å². The molecule has 90 valence electrons. The quantitative estimate of drug-likeness (QED) is 0.770. The van der Waals surface area contributed by atoms with E-state index in [4.69, 9.17) is 0 Å². The van der Waals surface area contributed by atoms with E-state index < -0.39 is 9.84 Å². The maximum Gasteiger partial charge on any atom is 0.148 e. The van der Waals surface area contributed by atoms with Gasteiger partial charge in [0, 0.05) is 17.3 Å². The summed E-state index contributed by atoms with van der Waals surface area (Å²) in [5, 5.41) is 10.1. The highest BCUT2D eigenvalue weighted by Gasteiger charge is 2.21. The fourth-order valence-electron chi connectivity index (χ4n) is 1.80. The standard InChI is InChI=1S/C10H20O3S2/c1-15(12,13)8-7-14-10-6-4-2-3-5-9(10)11/h9-11H,2-8H2,1H3. The molecule has 0 aromatic rings. The van der Waals surface area contributed by atoms with Crippen molar-refractivity contribution in [3.8, 4) is 0 Å². The molecule has 2 atom stereocenters. The first-order chi connectivity index (χ1) is 6.99. The molecule has 3 nitrogen and oxygen atoms in total. The summed E-state index contributed by atoms with van der Waals surface area (Å²) in [4.78, 5) is 0. The van der Waals surface area contributed by atoms with Gasteiger partial charge in [0.05, 0.1) is 11.9 Å². The average molecular weight is 252 g/mol. The summed E-state index contributed by atoms with van der Waals surface area (Å²) in [6, 6.07) is 0. The molecule has 0 radical (unpaired) electrons. The van der Waals surface area contributed by atoms with E-state index in [0.717, 1.165) is 25.7 Å². The molecule has 0 aromatic heterocycles. The zero-order valence-electron chi connectivity index (χ0n) is 9.18. The second kappa shape index (κ2) is 6.11. The van der Waals surface area contributed by atoms with Crippen LogP contribution in [0, 0.1) is 0 Å². The van der Waals surface area contributed by atoms with Gasteiger partial charge in [0.15, 0.2) is 0 Å². The van der Waals surface area contributed by atoms with Crippen molar-refractivity contribution in [2.24, 2.45) is 0 Å². The minimum atomic E-state index is -2.85. The Morgan fingerprint density at radius 1 is 1.27 bits per heavy atom. The van der Waals surface area contributed by atoms with Gasteiger partial charge in [0.1, 0.15) is 9.84 Å². The molecular formula is C10H20O3S2. The second-order valence-corrected chi connectivity index (χ2v) is 7.85. The Balaban J connectivity index is 2.29. The fourth-order valence-corrected chi connectivity index (χ4v) is 4.39. The predicted molar refractivity (Wildman–Crippen MR) is 65.0 cm³/mol. The Labute approximate surface area is 96.6 Å². The van der Waals surface area contributed by atoms with Crippen LogP contribution in [0.25, 0.3) is 0 Å². The molecule has 0 amide bonds. The molecule has 0 aromatic carbocycles. The van der Waals surface area contributed by atoms with Crippen LogP contribution < -0.4 is 0 Å². The van der Waals surface area contributed by atoms with Crippen molar-refractivity contribution in [3.05, 3.63) is 0 Å². The first-order valence-electron chi connectivity index (χ1n) is 5.46. The molecule has 1 aliphatic carbocycles. The van der Waals surface area contributed by atoms with Gasteiger partial charge in [-0.05, 0) is 12.8 Å². The zero-order chi connectivity index (χ0) is 11.3. The van der Waals surface area contributed by atoms with Crippen LogP contribution in [0.4, 0.5) is 0 Å². The number of sulfone groups is 1. The summed E-state index contributed by atoms with van der Waals surface area (Å²) in [5.74, 6) is 0.835. The molecule has 1 N–H and O–H groups in total. The van der Waals surface area contributed by atoms with Crippen molar-refractivity contribution in [1.29, 1.82) is 0 Å². The number of aliphatic hydroxyl groups excluding tert-OH is 1. The predicted octanol–water partition coefficient (Wildman–Crippen LogP) is 1.46. The van der Waals surface area contributed by atoms with Crippen LogP contribution in [-0.2, 0) is 9.84 Å². The van der Waals surface area contributed by atoms with Crippen molar-refractivity contribution >= 4 is 21.6 Å². The smallest absolute Gasteiger partial charge is 0.148 e. The summed E-state index contributed by atoms with van der Waals surface area (Å²) in [7, 11) is -2.85. The van der Waals surface area contributed by atoms with Crippen LogP contribution in [-0.4, -0.2) is 42.6 Å². The molecule has 1 rings (SSSR count). The van der Waals surface area contributed by atoms with Gasteiger partial charge in [-0.25, -0.2) is 8.42 Å². The van der Waals surface area contributed by atoms with E-state index in [2.05, 4.69) is 0 Å². The van der Waals surface area contributed by atoms with E-state index in [1.807, 2.05) is 0 Å². The molecule has 0 bridgehead atoms. The lowest BCUT2D eigenvalue weighted by Crippen LogP contribution is -2.22. The normalized spacial score (nSPS) is 28.7. The Morgan fingerprint density at radius 3 is 2.60 bits per heavy atom. The summed E-state index contributed by atoms with van der Waals surface area (Å²) in [6.45, 7) is 0. The van der Waals surface area contributed by atoms with E-state index in [0.29, 0.717) is 5.75 Å². The maximum atomic E-state index is 10.9. The van der Waals surface area contributed by atoms with Crippen molar-refractivity contribution in [2.75, 3.05) is 17.8 Å². The van der Waals surface area contributed by atoms with E-state index >= 15 is 0 Å². The van der Waals surface area contributed by atoms with Crippen LogP contribution in [0.2, 0.25) is 0 Å². The number of hydrogen-bond acceptors (Lipinski definition) is 4. The van der Waals surface area contributed by atoms with Gasteiger partial charge in [0.2, 0.25) is 0 Å². The minimum Gasteiger partial charge on any atom is -0.392 e. The van der Waals surface area contributed by atoms with Gasteiger partial charge in [-0.1, -0.05) is 19.3 Å². The summed E-state index contributed by atoms with van der Waals surface area (Å²) < 4.78 is 21.9. The molecule has 1 aliphatic rings.